The monoisotopic (exact) mass is 283 g/mol. The van der Waals surface area contributed by atoms with E-state index < -0.39 is 0 Å². The Bertz CT molecular complexity index is 694. The summed E-state index contributed by atoms with van der Waals surface area (Å²) in [5.41, 5.74) is 3.85. The first kappa shape index (κ1) is 13.5. The first-order chi connectivity index (χ1) is 10.2. The number of benzene rings is 2. The van der Waals surface area contributed by atoms with Crippen molar-refractivity contribution in [3.63, 3.8) is 0 Å². The lowest BCUT2D eigenvalue weighted by atomic mass is 9.97. The van der Waals surface area contributed by atoms with E-state index in [1.807, 2.05) is 43.3 Å². The summed E-state index contributed by atoms with van der Waals surface area (Å²) in [7, 11) is 1.53. The smallest absolute Gasteiger partial charge is 0.164 e. The SMILES string of the molecule is COc1cccc([C@H]2CC(c3ccccc3C)=NO2)c1O. The maximum absolute atomic E-state index is 10.2. The summed E-state index contributed by atoms with van der Waals surface area (Å²) in [4.78, 5) is 5.51. The number of hydrogen-bond acceptors (Lipinski definition) is 4. The number of aryl methyl sites for hydroxylation is 1. The molecule has 2 aromatic carbocycles. The maximum atomic E-state index is 10.2. The van der Waals surface area contributed by atoms with Crippen molar-refractivity contribution < 1.29 is 14.7 Å². The van der Waals surface area contributed by atoms with Crippen LogP contribution < -0.4 is 4.74 Å². The molecule has 1 aliphatic rings. The Kier molecular flexibility index (Phi) is 3.52. The number of para-hydroxylation sites is 1. The Balaban J connectivity index is 1.86. The minimum atomic E-state index is -0.283. The lowest BCUT2D eigenvalue weighted by Gasteiger charge is -2.13. The zero-order valence-corrected chi connectivity index (χ0v) is 12.0. The zero-order chi connectivity index (χ0) is 14.8. The van der Waals surface area contributed by atoms with E-state index in [1.54, 1.807) is 6.07 Å². The number of aromatic hydroxyl groups is 1. The van der Waals surface area contributed by atoms with Gasteiger partial charge in [-0.15, -0.1) is 0 Å². The highest BCUT2D eigenvalue weighted by Gasteiger charge is 2.27. The van der Waals surface area contributed by atoms with Crippen LogP contribution in [-0.4, -0.2) is 17.9 Å². The number of ether oxygens (including phenoxy) is 1. The molecule has 0 unspecified atom stereocenters. The molecule has 21 heavy (non-hydrogen) atoms. The molecule has 2 aromatic rings. The van der Waals surface area contributed by atoms with Gasteiger partial charge >= 0.3 is 0 Å². The Morgan fingerprint density at radius 1 is 1.19 bits per heavy atom. The molecule has 1 heterocycles. The van der Waals surface area contributed by atoms with E-state index in [2.05, 4.69) is 5.16 Å². The summed E-state index contributed by atoms with van der Waals surface area (Å²) in [5.74, 6) is 0.562. The number of methoxy groups -OCH3 is 1. The van der Waals surface area contributed by atoms with E-state index in [9.17, 15) is 5.11 Å². The summed E-state index contributed by atoms with van der Waals surface area (Å²) >= 11 is 0. The normalized spacial score (nSPS) is 17.2. The second-order valence-electron chi connectivity index (χ2n) is 5.05. The number of hydrogen-bond donors (Lipinski definition) is 1. The third kappa shape index (κ3) is 2.44. The van der Waals surface area contributed by atoms with Crippen LogP contribution in [0.3, 0.4) is 0 Å². The van der Waals surface area contributed by atoms with Crippen LogP contribution in [0.2, 0.25) is 0 Å². The molecular formula is C17H17NO3. The summed E-state index contributed by atoms with van der Waals surface area (Å²) in [6.07, 6.45) is 0.348. The van der Waals surface area contributed by atoms with Crippen LogP contribution >= 0.6 is 0 Å². The van der Waals surface area contributed by atoms with Gasteiger partial charge in [-0.2, -0.15) is 0 Å². The van der Waals surface area contributed by atoms with Crippen LogP contribution in [0.1, 0.15) is 29.2 Å². The van der Waals surface area contributed by atoms with Crippen molar-refractivity contribution >= 4 is 5.71 Å². The molecule has 0 aromatic heterocycles. The average Bonchev–Trinajstić information content (AvgIpc) is 2.97. The van der Waals surface area contributed by atoms with Crippen LogP contribution in [0.5, 0.6) is 11.5 Å². The van der Waals surface area contributed by atoms with Gasteiger partial charge in [0, 0.05) is 17.5 Å². The Morgan fingerprint density at radius 2 is 2.00 bits per heavy atom. The lowest BCUT2D eigenvalue weighted by molar-refractivity contribution is 0.0835. The molecule has 1 N–H and O–H groups in total. The minimum absolute atomic E-state index is 0.117. The summed E-state index contributed by atoms with van der Waals surface area (Å²) in [5, 5.41) is 14.4. The molecule has 4 heteroatoms. The molecule has 0 bridgehead atoms. The van der Waals surface area contributed by atoms with Crippen LogP contribution in [0.15, 0.2) is 47.6 Å². The first-order valence-corrected chi connectivity index (χ1v) is 6.85. The fraction of sp³-hybridized carbons (Fsp3) is 0.235. The van der Waals surface area contributed by atoms with Gasteiger partial charge in [-0.05, 0) is 18.6 Å². The minimum Gasteiger partial charge on any atom is -0.504 e. The Morgan fingerprint density at radius 3 is 2.76 bits per heavy atom. The van der Waals surface area contributed by atoms with Crippen molar-refractivity contribution in [2.45, 2.75) is 19.4 Å². The quantitative estimate of drug-likeness (QED) is 0.936. The number of oxime groups is 1. The molecule has 0 saturated carbocycles. The highest BCUT2D eigenvalue weighted by molar-refractivity contribution is 6.02. The van der Waals surface area contributed by atoms with Gasteiger partial charge in [0.05, 0.1) is 12.8 Å². The van der Waals surface area contributed by atoms with Crippen molar-refractivity contribution in [1.82, 2.24) is 0 Å². The largest absolute Gasteiger partial charge is 0.504 e. The molecule has 0 spiro atoms. The van der Waals surface area contributed by atoms with Crippen molar-refractivity contribution in [1.29, 1.82) is 0 Å². The van der Waals surface area contributed by atoms with E-state index in [1.165, 1.54) is 7.11 Å². The number of nitrogens with zero attached hydrogens (tertiary/aromatic N) is 1. The van der Waals surface area contributed by atoms with Crippen molar-refractivity contribution in [2.75, 3.05) is 7.11 Å². The fourth-order valence-corrected chi connectivity index (χ4v) is 2.56. The van der Waals surface area contributed by atoms with Crippen molar-refractivity contribution in [2.24, 2.45) is 5.16 Å². The molecule has 1 atom stereocenters. The van der Waals surface area contributed by atoms with E-state index in [0.717, 1.165) is 16.8 Å². The van der Waals surface area contributed by atoms with Gasteiger partial charge in [-0.25, -0.2) is 0 Å². The Labute approximate surface area is 123 Å². The second kappa shape index (κ2) is 5.48. The average molecular weight is 283 g/mol. The van der Waals surface area contributed by atoms with Crippen LogP contribution in [0, 0.1) is 6.92 Å². The number of phenols is 1. The number of phenolic OH excluding ortho intramolecular Hbond substituents is 1. The zero-order valence-electron chi connectivity index (χ0n) is 12.0. The number of rotatable bonds is 3. The maximum Gasteiger partial charge on any atom is 0.164 e. The molecule has 0 fully saturated rings. The van der Waals surface area contributed by atoms with Gasteiger partial charge in [0.25, 0.3) is 0 Å². The van der Waals surface area contributed by atoms with E-state index in [4.69, 9.17) is 9.57 Å². The predicted octanol–water partition coefficient (Wildman–Crippen LogP) is 3.57. The molecule has 0 aliphatic carbocycles. The van der Waals surface area contributed by atoms with Crippen LogP contribution in [0.4, 0.5) is 0 Å². The molecule has 108 valence electrons. The second-order valence-corrected chi connectivity index (χ2v) is 5.05. The van der Waals surface area contributed by atoms with Gasteiger partial charge in [-0.3, -0.25) is 0 Å². The first-order valence-electron chi connectivity index (χ1n) is 6.85. The summed E-state index contributed by atoms with van der Waals surface area (Å²) < 4.78 is 5.13. The van der Waals surface area contributed by atoms with Crippen LogP contribution in [0.25, 0.3) is 0 Å². The van der Waals surface area contributed by atoms with Gasteiger partial charge < -0.3 is 14.7 Å². The highest BCUT2D eigenvalue weighted by atomic mass is 16.6. The molecule has 3 rings (SSSR count). The lowest BCUT2D eigenvalue weighted by Crippen LogP contribution is -2.03. The Hall–Kier alpha value is -2.49. The summed E-state index contributed by atoms with van der Waals surface area (Å²) in [6.45, 7) is 2.05. The van der Waals surface area contributed by atoms with E-state index >= 15 is 0 Å². The van der Waals surface area contributed by atoms with Gasteiger partial charge in [0.2, 0.25) is 0 Å². The molecule has 0 radical (unpaired) electrons. The molecule has 4 nitrogen and oxygen atoms in total. The molecule has 0 saturated heterocycles. The van der Waals surface area contributed by atoms with Gasteiger partial charge in [-0.1, -0.05) is 41.6 Å². The molecular weight excluding hydrogens is 266 g/mol. The van der Waals surface area contributed by atoms with Gasteiger partial charge in [0.1, 0.15) is 0 Å². The highest BCUT2D eigenvalue weighted by Crippen LogP contribution is 2.39. The van der Waals surface area contributed by atoms with E-state index in [0.29, 0.717) is 17.7 Å². The van der Waals surface area contributed by atoms with Crippen molar-refractivity contribution in [3.8, 4) is 11.5 Å². The standard InChI is InChI=1S/C17H17NO3/c1-11-6-3-4-7-12(11)14-10-16(21-18-14)13-8-5-9-15(20-2)17(13)19/h3-9,16,19H,10H2,1-2H3/t16-/m1/s1. The fourth-order valence-electron chi connectivity index (χ4n) is 2.56. The third-order valence-corrected chi connectivity index (χ3v) is 3.72. The topological polar surface area (TPSA) is 51.0 Å². The predicted molar refractivity (Wildman–Crippen MR) is 80.8 cm³/mol. The molecule has 1 aliphatic heterocycles. The third-order valence-electron chi connectivity index (χ3n) is 3.72. The van der Waals surface area contributed by atoms with Gasteiger partial charge in [0.15, 0.2) is 17.6 Å². The molecule has 0 amide bonds. The van der Waals surface area contributed by atoms with Crippen molar-refractivity contribution in [3.05, 3.63) is 59.2 Å². The van der Waals surface area contributed by atoms with Crippen LogP contribution in [-0.2, 0) is 4.84 Å². The summed E-state index contributed by atoms with van der Waals surface area (Å²) in [6, 6.07) is 13.5. The van der Waals surface area contributed by atoms with E-state index in [-0.39, 0.29) is 11.9 Å².